The lowest BCUT2D eigenvalue weighted by Crippen LogP contribution is -2.26. The Balaban J connectivity index is 1.42. The third-order valence-corrected chi connectivity index (χ3v) is 10.8. The Hall–Kier alpha value is -5.92. The summed E-state index contributed by atoms with van der Waals surface area (Å²) in [5, 5.41) is 5.12. The Bertz CT molecular complexity index is 2550. The fourth-order valence-corrected chi connectivity index (χ4v) is 8.98. The first kappa shape index (κ1) is 27.2. The van der Waals surface area contributed by atoms with Crippen molar-refractivity contribution in [1.29, 1.82) is 0 Å². The fourth-order valence-electron chi connectivity index (χ4n) is 8.98. The van der Waals surface area contributed by atoms with E-state index in [0.29, 0.717) is 0 Å². The lowest BCUT2D eigenvalue weighted by Gasteiger charge is -2.34. The van der Waals surface area contributed by atoms with Crippen molar-refractivity contribution >= 4 is 38.6 Å². The standard InChI is InChI=1S/C47H33N/c1-30-24-27-43(31(2)28-30)48(33-15-4-3-5-16-33)44-29-42-45(38-21-9-8-20-37(38)44)39-26-25-32-14-6-7-17-34(32)46(39)47(42)40-22-12-10-18-35(40)36-19-11-13-23-41(36)47/h3-29H,1-2H3. The van der Waals surface area contributed by atoms with Gasteiger partial charge in [0.25, 0.3) is 0 Å². The van der Waals surface area contributed by atoms with E-state index in [9.17, 15) is 0 Å². The van der Waals surface area contributed by atoms with Gasteiger partial charge < -0.3 is 4.90 Å². The van der Waals surface area contributed by atoms with Crippen LogP contribution in [0.3, 0.4) is 0 Å². The average Bonchev–Trinajstić information content (AvgIpc) is 3.60. The molecule has 8 aromatic rings. The summed E-state index contributed by atoms with van der Waals surface area (Å²) in [6.45, 7) is 4.41. The van der Waals surface area contributed by atoms with Crippen molar-refractivity contribution in [3.63, 3.8) is 0 Å². The molecule has 0 aliphatic heterocycles. The molecule has 0 N–H and O–H groups in total. The Morgan fingerprint density at radius 1 is 0.438 bits per heavy atom. The quantitative estimate of drug-likeness (QED) is 0.192. The van der Waals surface area contributed by atoms with E-state index >= 15 is 0 Å². The van der Waals surface area contributed by atoms with Gasteiger partial charge in [-0.2, -0.15) is 0 Å². The first-order valence-corrected chi connectivity index (χ1v) is 16.9. The number of hydrogen-bond acceptors (Lipinski definition) is 1. The zero-order chi connectivity index (χ0) is 32.0. The topological polar surface area (TPSA) is 3.24 Å². The second-order valence-electron chi connectivity index (χ2n) is 13.4. The van der Waals surface area contributed by atoms with Crippen molar-refractivity contribution in [3.8, 4) is 22.3 Å². The van der Waals surface area contributed by atoms with Gasteiger partial charge in [-0.1, -0.05) is 145 Å². The summed E-state index contributed by atoms with van der Waals surface area (Å²) in [5.74, 6) is 0. The molecule has 48 heavy (non-hydrogen) atoms. The summed E-state index contributed by atoms with van der Waals surface area (Å²) < 4.78 is 0. The molecule has 0 radical (unpaired) electrons. The number of hydrogen-bond donors (Lipinski definition) is 0. The summed E-state index contributed by atoms with van der Waals surface area (Å²) in [7, 11) is 0. The van der Waals surface area contributed by atoms with E-state index in [1.807, 2.05) is 0 Å². The Morgan fingerprint density at radius 3 is 1.79 bits per heavy atom. The van der Waals surface area contributed by atoms with Crippen LogP contribution >= 0.6 is 0 Å². The van der Waals surface area contributed by atoms with E-state index in [1.54, 1.807) is 0 Å². The van der Waals surface area contributed by atoms with Crippen molar-refractivity contribution in [2.24, 2.45) is 0 Å². The number of anilines is 3. The third-order valence-electron chi connectivity index (χ3n) is 10.8. The molecule has 2 aliphatic carbocycles. The lowest BCUT2D eigenvalue weighted by molar-refractivity contribution is 0.802. The molecule has 0 heterocycles. The molecule has 1 nitrogen and oxygen atoms in total. The molecular weight excluding hydrogens is 579 g/mol. The number of para-hydroxylation sites is 1. The third kappa shape index (κ3) is 3.51. The summed E-state index contributed by atoms with van der Waals surface area (Å²) in [5.41, 5.74) is 16.4. The smallest absolute Gasteiger partial charge is 0.0732 e. The van der Waals surface area contributed by atoms with Crippen molar-refractivity contribution in [2.75, 3.05) is 4.90 Å². The van der Waals surface area contributed by atoms with Crippen LogP contribution in [0, 0.1) is 13.8 Å². The summed E-state index contributed by atoms with van der Waals surface area (Å²) in [6.07, 6.45) is 0. The molecule has 8 aromatic carbocycles. The highest BCUT2D eigenvalue weighted by Crippen LogP contribution is 2.66. The molecule has 1 heteroatoms. The van der Waals surface area contributed by atoms with E-state index in [2.05, 4.69) is 183 Å². The van der Waals surface area contributed by atoms with Crippen LogP contribution in [0.4, 0.5) is 17.1 Å². The molecule has 0 saturated carbocycles. The molecule has 10 rings (SSSR count). The highest BCUT2D eigenvalue weighted by Gasteiger charge is 2.53. The molecule has 0 bridgehead atoms. The fraction of sp³-hybridized carbons (Fsp3) is 0.0638. The normalized spacial score (nSPS) is 13.4. The van der Waals surface area contributed by atoms with Gasteiger partial charge in [0, 0.05) is 16.8 Å². The Labute approximate surface area is 281 Å². The maximum atomic E-state index is 2.54. The minimum absolute atomic E-state index is 0.470. The zero-order valence-electron chi connectivity index (χ0n) is 27.0. The van der Waals surface area contributed by atoms with Crippen LogP contribution in [0.25, 0.3) is 43.8 Å². The van der Waals surface area contributed by atoms with Crippen LogP contribution in [-0.2, 0) is 5.41 Å². The van der Waals surface area contributed by atoms with Crippen molar-refractivity contribution < 1.29 is 0 Å². The molecule has 0 atom stereocenters. The van der Waals surface area contributed by atoms with Crippen molar-refractivity contribution in [1.82, 2.24) is 0 Å². The van der Waals surface area contributed by atoms with Gasteiger partial charge in [0.1, 0.15) is 0 Å². The number of benzene rings is 8. The van der Waals surface area contributed by atoms with E-state index in [4.69, 9.17) is 0 Å². The van der Waals surface area contributed by atoms with Gasteiger partial charge in [-0.05, 0) is 104 Å². The minimum Gasteiger partial charge on any atom is -0.310 e. The molecule has 0 amide bonds. The number of rotatable bonds is 3. The largest absolute Gasteiger partial charge is 0.310 e. The maximum absolute atomic E-state index is 2.54. The second-order valence-corrected chi connectivity index (χ2v) is 13.4. The second kappa shape index (κ2) is 10.0. The molecule has 2 aliphatic rings. The average molecular weight is 612 g/mol. The van der Waals surface area contributed by atoms with E-state index in [1.165, 1.54) is 88.6 Å². The maximum Gasteiger partial charge on any atom is 0.0732 e. The monoisotopic (exact) mass is 611 g/mol. The van der Waals surface area contributed by atoms with Crippen LogP contribution in [0.1, 0.15) is 33.4 Å². The van der Waals surface area contributed by atoms with Gasteiger partial charge in [0.15, 0.2) is 0 Å². The highest BCUT2D eigenvalue weighted by atomic mass is 15.1. The number of nitrogens with zero attached hydrogens (tertiary/aromatic N) is 1. The molecule has 0 saturated heterocycles. The first-order chi connectivity index (χ1) is 23.7. The summed E-state index contributed by atoms with van der Waals surface area (Å²) >= 11 is 0. The van der Waals surface area contributed by atoms with E-state index < -0.39 is 5.41 Å². The van der Waals surface area contributed by atoms with Gasteiger partial charge in [-0.3, -0.25) is 0 Å². The summed E-state index contributed by atoms with van der Waals surface area (Å²) in [4.78, 5) is 2.49. The molecule has 0 aromatic heterocycles. The minimum atomic E-state index is -0.470. The molecule has 0 unspecified atom stereocenters. The van der Waals surface area contributed by atoms with Gasteiger partial charge in [0.2, 0.25) is 0 Å². The van der Waals surface area contributed by atoms with E-state index in [0.717, 1.165) is 5.69 Å². The predicted molar refractivity (Wildman–Crippen MR) is 202 cm³/mol. The van der Waals surface area contributed by atoms with Gasteiger partial charge in [-0.15, -0.1) is 0 Å². The molecule has 226 valence electrons. The predicted octanol–water partition coefficient (Wildman–Crippen LogP) is 12.4. The number of aryl methyl sites for hydroxylation is 2. The Morgan fingerprint density at radius 2 is 1.06 bits per heavy atom. The molecule has 1 spiro atoms. The lowest BCUT2D eigenvalue weighted by atomic mass is 9.69. The van der Waals surface area contributed by atoms with Gasteiger partial charge in [-0.25, -0.2) is 0 Å². The molecule has 0 fully saturated rings. The van der Waals surface area contributed by atoms with Gasteiger partial charge >= 0.3 is 0 Å². The zero-order valence-corrected chi connectivity index (χ0v) is 27.0. The van der Waals surface area contributed by atoms with Gasteiger partial charge in [0.05, 0.1) is 11.1 Å². The SMILES string of the molecule is Cc1ccc(N(c2ccccc2)c2cc3c(c4ccccc24)-c2ccc4ccccc4c2C32c3ccccc3-c3ccccc32)c(C)c1. The van der Waals surface area contributed by atoms with Crippen LogP contribution < -0.4 is 4.90 Å². The Kier molecular flexibility index (Phi) is 5.69. The van der Waals surface area contributed by atoms with Crippen LogP contribution in [0.15, 0.2) is 164 Å². The van der Waals surface area contributed by atoms with Crippen molar-refractivity contribution in [2.45, 2.75) is 19.3 Å². The highest BCUT2D eigenvalue weighted by molar-refractivity contribution is 6.14. The van der Waals surface area contributed by atoms with Crippen LogP contribution in [0.2, 0.25) is 0 Å². The van der Waals surface area contributed by atoms with E-state index in [-0.39, 0.29) is 0 Å². The van der Waals surface area contributed by atoms with Crippen LogP contribution in [0.5, 0.6) is 0 Å². The van der Waals surface area contributed by atoms with Crippen molar-refractivity contribution in [3.05, 3.63) is 197 Å². The molecular formula is C47H33N. The summed E-state index contributed by atoms with van der Waals surface area (Å²) in [6, 6.07) is 61.2. The van der Waals surface area contributed by atoms with Crippen LogP contribution in [-0.4, -0.2) is 0 Å². The number of fused-ring (bicyclic) bond motifs is 14. The first-order valence-electron chi connectivity index (χ1n) is 16.9.